The molecular weight excluding hydrogens is 500 g/mol. The summed E-state index contributed by atoms with van der Waals surface area (Å²) in [6.45, 7) is 3.12. The van der Waals surface area contributed by atoms with Gasteiger partial charge in [-0.1, -0.05) is 30.3 Å². The SMILES string of the molecule is COc1ccc(-c2nc(NC(=O)c3ccc(CN4CCC(CO)CC4)cc3)cc3c4ccccc4n(C)c23)cc1. The minimum Gasteiger partial charge on any atom is -0.497 e. The van der Waals surface area contributed by atoms with Crippen molar-refractivity contribution < 1.29 is 14.6 Å². The maximum atomic E-state index is 13.3. The number of rotatable bonds is 7. The summed E-state index contributed by atoms with van der Waals surface area (Å²) in [7, 11) is 3.70. The number of likely N-dealkylation sites (tertiary alicyclic amines) is 1. The molecule has 6 rings (SSSR count). The molecule has 3 aromatic carbocycles. The Morgan fingerprint density at radius 3 is 2.42 bits per heavy atom. The number of nitrogens with one attached hydrogen (secondary N) is 1. The highest BCUT2D eigenvalue weighted by molar-refractivity contribution is 6.14. The summed E-state index contributed by atoms with van der Waals surface area (Å²) >= 11 is 0. The molecule has 2 aromatic heterocycles. The maximum absolute atomic E-state index is 13.3. The van der Waals surface area contributed by atoms with Crippen LogP contribution in [0, 0.1) is 5.92 Å². The van der Waals surface area contributed by atoms with Crippen LogP contribution in [0.3, 0.4) is 0 Å². The van der Waals surface area contributed by atoms with Crippen molar-refractivity contribution >= 4 is 33.5 Å². The second-order valence-corrected chi connectivity index (χ2v) is 10.6. The van der Waals surface area contributed by atoms with Gasteiger partial charge in [0, 0.05) is 47.6 Å². The Morgan fingerprint density at radius 1 is 1.00 bits per heavy atom. The average Bonchev–Trinajstić information content (AvgIpc) is 3.29. The number of para-hydroxylation sites is 1. The number of benzene rings is 3. The Morgan fingerprint density at radius 2 is 1.73 bits per heavy atom. The lowest BCUT2D eigenvalue weighted by Gasteiger charge is -2.31. The van der Waals surface area contributed by atoms with E-state index in [0.717, 1.165) is 71.3 Å². The predicted molar refractivity (Wildman–Crippen MR) is 160 cm³/mol. The first-order valence-electron chi connectivity index (χ1n) is 13.8. The Kier molecular flexibility index (Phi) is 7.24. The van der Waals surface area contributed by atoms with E-state index in [9.17, 15) is 9.90 Å². The van der Waals surface area contributed by atoms with Crippen LogP contribution in [-0.2, 0) is 13.6 Å². The molecule has 1 aliphatic rings. The molecule has 1 amide bonds. The molecule has 0 spiro atoms. The molecule has 5 aromatic rings. The first-order valence-corrected chi connectivity index (χ1v) is 13.8. The number of methoxy groups -OCH3 is 1. The zero-order chi connectivity index (χ0) is 27.6. The molecule has 0 aliphatic carbocycles. The number of nitrogens with zero attached hydrogens (tertiary/aromatic N) is 3. The van der Waals surface area contributed by atoms with Gasteiger partial charge in [0.25, 0.3) is 5.91 Å². The van der Waals surface area contributed by atoms with Gasteiger partial charge in [0.1, 0.15) is 11.6 Å². The van der Waals surface area contributed by atoms with E-state index in [-0.39, 0.29) is 12.5 Å². The Labute approximate surface area is 234 Å². The van der Waals surface area contributed by atoms with E-state index in [4.69, 9.17) is 9.72 Å². The van der Waals surface area contributed by atoms with Crippen LogP contribution in [0.4, 0.5) is 5.82 Å². The van der Waals surface area contributed by atoms with Gasteiger partial charge in [0.15, 0.2) is 0 Å². The Bertz CT molecular complexity index is 1650. The number of pyridine rings is 1. The summed E-state index contributed by atoms with van der Waals surface area (Å²) in [6.07, 6.45) is 2.06. The van der Waals surface area contributed by atoms with Crippen molar-refractivity contribution in [2.24, 2.45) is 13.0 Å². The third-order valence-electron chi connectivity index (χ3n) is 8.08. The van der Waals surface area contributed by atoms with Gasteiger partial charge in [0.2, 0.25) is 0 Å². The summed E-state index contributed by atoms with van der Waals surface area (Å²) in [4.78, 5) is 20.7. The number of carbonyl (C=O) groups is 1. The summed E-state index contributed by atoms with van der Waals surface area (Å²) in [5.74, 6) is 1.52. The molecule has 0 radical (unpaired) electrons. The highest BCUT2D eigenvalue weighted by Crippen LogP contribution is 2.36. The van der Waals surface area contributed by atoms with E-state index < -0.39 is 0 Å². The molecule has 7 nitrogen and oxygen atoms in total. The summed E-state index contributed by atoms with van der Waals surface area (Å²) in [5.41, 5.74) is 5.63. The number of aryl methyl sites for hydroxylation is 1. The van der Waals surface area contributed by atoms with Crippen molar-refractivity contribution in [3.05, 3.63) is 90.0 Å². The normalized spacial score (nSPS) is 14.6. The van der Waals surface area contributed by atoms with Crippen molar-refractivity contribution in [1.29, 1.82) is 0 Å². The molecule has 40 heavy (non-hydrogen) atoms. The number of piperidine rings is 1. The van der Waals surface area contributed by atoms with Crippen molar-refractivity contribution in [2.45, 2.75) is 19.4 Å². The van der Waals surface area contributed by atoms with Crippen molar-refractivity contribution in [3.63, 3.8) is 0 Å². The molecular formula is C33H34N4O3. The molecule has 1 fully saturated rings. The van der Waals surface area contributed by atoms with Crippen molar-refractivity contribution in [1.82, 2.24) is 14.5 Å². The standard InChI is InChI=1S/C33H34N4O3/c1-36-29-6-4-3-5-27(29)28-19-30(34-31(32(28)36)24-11-13-26(40-2)14-12-24)35-33(39)25-9-7-22(8-10-25)20-37-17-15-23(21-38)16-18-37/h3-14,19,23,38H,15-18,20-21H2,1-2H3,(H,34,35,39). The molecule has 7 heteroatoms. The first kappa shape index (κ1) is 26.0. The molecule has 0 unspecified atom stereocenters. The molecule has 1 saturated heterocycles. The highest BCUT2D eigenvalue weighted by Gasteiger charge is 2.20. The van der Waals surface area contributed by atoms with Gasteiger partial charge in [-0.2, -0.15) is 0 Å². The Balaban J connectivity index is 1.28. The molecule has 204 valence electrons. The van der Waals surface area contributed by atoms with Gasteiger partial charge in [-0.05, 0) is 85.9 Å². The highest BCUT2D eigenvalue weighted by atomic mass is 16.5. The number of aliphatic hydroxyl groups is 1. The number of anilines is 1. The van der Waals surface area contributed by atoms with Crippen LogP contribution in [0.15, 0.2) is 78.9 Å². The summed E-state index contributed by atoms with van der Waals surface area (Å²) in [6, 6.07) is 25.9. The lowest BCUT2D eigenvalue weighted by atomic mass is 9.97. The van der Waals surface area contributed by atoms with Crippen molar-refractivity contribution in [3.8, 4) is 17.0 Å². The van der Waals surface area contributed by atoms with Crippen LogP contribution < -0.4 is 10.1 Å². The number of hydrogen-bond acceptors (Lipinski definition) is 5. The molecule has 2 N–H and O–H groups in total. The van der Waals surface area contributed by atoms with Crippen LogP contribution in [-0.4, -0.2) is 52.3 Å². The van der Waals surface area contributed by atoms with Crippen LogP contribution in [0.25, 0.3) is 33.1 Å². The molecule has 0 bridgehead atoms. The number of amides is 1. The maximum Gasteiger partial charge on any atom is 0.256 e. The van der Waals surface area contributed by atoms with Gasteiger partial charge < -0.3 is 19.7 Å². The van der Waals surface area contributed by atoms with E-state index in [1.807, 2.05) is 73.8 Å². The topological polar surface area (TPSA) is 79.6 Å². The quantitative estimate of drug-likeness (QED) is 0.274. The number of aromatic nitrogens is 2. The van der Waals surface area contributed by atoms with Crippen LogP contribution in [0.1, 0.15) is 28.8 Å². The number of fused-ring (bicyclic) bond motifs is 3. The second-order valence-electron chi connectivity index (χ2n) is 10.6. The number of ether oxygens (including phenoxy) is 1. The zero-order valence-corrected chi connectivity index (χ0v) is 22.9. The van der Waals surface area contributed by atoms with Gasteiger partial charge in [0.05, 0.1) is 18.3 Å². The van der Waals surface area contributed by atoms with Gasteiger partial charge in [-0.25, -0.2) is 4.98 Å². The van der Waals surface area contributed by atoms with Gasteiger partial charge >= 0.3 is 0 Å². The predicted octanol–water partition coefficient (Wildman–Crippen LogP) is 5.86. The Hall–Kier alpha value is -4.20. The number of aliphatic hydroxyl groups excluding tert-OH is 1. The van der Waals surface area contributed by atoms with Crippen molar-refractivity contribution in [2.75, 3.05) is 32.1 Å². The zero-order valence-electron chi connectivity index (χ0n) is 22.9. The third-order valence-corrected chi connectivity index (χ3v) is 8.08. The largest absolute Gasteiger partial charge is 0.497 e. The van der Waals surface area contributed by atoms with Gasteiger partial charge in [-0.3, -0.25) is 9.69 Å². The van der Waals surface area contributed by atoms with E-state index in [1.54, 1.807) is 7.11 Å². The fraction of sp³-hybridized carbons (Fsp3) is 0.273. The minimum absolute atomic E-state index is 0.192. The first-order chi connectivity index (χ1) is 19.5. The molecule has 0 saturated carbocycles. The second kappa shape index (κ2) is 11.1. The van der Waals surface area contributed by atoms with Crippen LogP contribution in [0.5, 0.6) is 5.75 Å². The lowest BCUT2D eigenvalue weighted by molar-refractivity contribution is 0.102. The van der Waals surface area contributed by atoms with Gasteiger partial charge in [-0.15, -0.1) is 0 Å². The number of hydrogen-bond donors (Lipinski definition) is 2. The van der Waals surface area contributed by atoms with Crippen LogP contribution >= 0.6 is 0 Å². The van der Waals surface area contributed by atoms with E-state index in [0.29, 0.717) is 17.3 Å². The molecule has 1 aliphatic heterocycles. The van der Waals surface area contributed by atoms with E-state index in [1.165, 1.54) is 5.56 Å². The summed E-state index contributed by atoms with van der Waals surface area (Å²) in [5, 5.41) is 14.6. The fourth-order valence-electron chi connectivity index (χ4n) is 5.75. The monoisotopic (exact) mass is 534 g/mol. The molecule has 0 atom stereocenters. The summed E-state index contributed by atoms with van der Waals surface area (Å²) < 4.78 is 7.52. The average molecular weight is 535 g/mol. The number of carbonyl (C=O) groups excluding carboxylic acids is 1. The fourth-order valence-corrected chi connectivity index (χ4v) is 5.75. The van der Waals surface area contributed by atoms with E-state index >= 15 is 0 Å². The van der Waals surface area contributed by atoms with E-state index in [2.05, 4.69) is 26.9 Å². The smallest absolute Gasteiger partial charge is 0.256 e. The third kappa shape index (κ3) is 5.06. The molecule has 3 heterocycles. The minimum atomic E-state index is -0.192. The van der Waals surface area contributed by atoms with Crippen LogP contribution in [0.2, 0.25) is 0 Å². The lowest BCUT2D eigenvalue weighted by Crippen LogP contribution is -2.34.